The third-order valence-electron chi connectivity index (χ3n) is 4.57. The maximum atomic E-state index is 12.3. The molecule has 2 heterocycles. The summed E-state index contributed by atoms with van der Waals surface area (Å²) in [6.45, 7) is 0. The molecule has 4 rings (SSSR count). The molecule has 2 aromatic carbocycles. The average Bonchev–Trinajstić information content (AvgIpc) is 3.47. The molecule has 4 aromatic rings. The molecule has 10 heteroatoms. The second-order valence-corrected chi connectivity index (χ2v) is 7.97. The minimum absolute atomic E-state index is 0.188. The van der Waals surface area contributed by atoms with Gasteiger partial charge in [-0.3, -0.25) is 4.79 Å². The number of benzene rings is 2. The lowest BCUT2D eigenvalue weighted by Crippen LogP contribution is -2.12. The Morgan fingerprint density at radius 3 is 2.56 bits per heavy atom. The molecule has 0 aliphatic carbocycles. The Bertz CT molecular complexity index is 1220. The fourth-order valence-corrected chi connectivity index (χ4v) is 3.80. The van der Waals surface area contributed by atoms with Gasteiger partial charge in [-0.15, -0.1) is 11.3 Å². The van der Waals surface area contributed by atoms with Gasteiger partial charge >= 0.3 is 0 Å². The smallest absolute Gasteiger partial charge is 0.227 e. The molecule has 8 nitrogen and oxygen atoms in total. The molecule has 1 N–H and O–H groups in total. The largest absolute Gasteiger partial charge is 0.493 e. The van der Waals surface area contributed by atoms with Crippen LogP contribution in [0, 0.1) is 0 Å². The van der Waals surface area contributed by atoms with Crippen molar-refractivity contribution in [2.45, 2.75) is 12.8 Å². The Balaban J connectivity index is 1.34. The summed E-state index contributed by atoms with van der Waals surface area (Å²) >= 11 is 7.24. The number of hydrogen-bond acceptors (Lipinski definition) is 8. The summed E-state index contributed by atoms with van der Waals surface area (Å²) in [7, 11) is 3.16. The van der Waals surface area contributed by atoms with Crippen LogP contribution in [-0.4, -0.2) is 35.3 Å². The van der Waals surface area contributed by atoms with Crippen LogP contribution in [0.25, 0.3) is 22.6 Å². The van der Waals surface area contributed by atoms with Gasteiger partial charge in [0.1, 0.15) is 0 Å². The lowest BCUT2D eigenvalue weighted by atomic mass is 10.1. The van der Waals surface area contributed by atoms with Crippen molar-refractivity contribution in [1.29, 1.82) is 0 Å². The first-order valence-electron chi connectivity index (χ1n) is 9.62. The van der Waals surface area contributed by atoms with Crippen molar-refractivity contribution in [3.8, 4) is 34.1 Å². The summed E-state index contributed by atoms with van der Waals surface area (Å²) in [5.74, 6) is 1.90. The lowest BCUT2D eigenvalue weighted by molar-refractivity contribution is -0.116. The number of nitrogens with one attached hydrogen (secondary N) is 1. The highest BCUT2D eigenvalue weighted by Gasteiger charge is 2.13. The van der Waals surface area contributed by atoms with E-state index in [0.29, 0.717) is 39.8 Å². The number of anilines is 1. The van der Waals surface area contributed by atoms with Crippen LogP contribution in [0.1, 0.15) is 12.3 Å². The van der Waals surface area contributed by atoms with Gasteiger partial charge in [-0.05, 0) is 42.5 Å². The fourth-order valence-electron chi connectivity index (χ4n) is 2.93. The Hall–Kier alpha value is -3.43. The molecule has 1 amide bonds. The number of amides is 1. The van der Waals surface area contributed by atoms with Gasteiger partial charge in [0.05, 0.1) is 19.9 Å². The van der Waals surface area contributed by atoms with Crippen LogP contribution in [0.3, 0.4) is 0 Å². The second-order valence-electron chi connectivity index (χ2n) is 6.67. The van der Waals surface area contributed by atoms with Crippen molar-refractivity contribution in [3.05, 3.63) is 58.8 Å². The zero-order valence-corrected chi connectivity index (χ0v) is 18.9. The van der Waals surface area contributed by atoms with Crippen LogP contribution >= 0.6 is 22.9 Å². The first-order valence-corrected chi connectivity index (χ1v) is 10.9. The van der Waals surface area contributed by atoms with Gasteiger partial charge < -0.3 is 19.3 Å². The summed E-state index contributed by atoms with van der Waals surface area (Å²) in [5.41, 5.74) is 2.38. The maximum absolute atomic E-state index is 12.3. The van der Waals surface area contributed by atoms with Gasteiger partial charge in [0.25, 0.3) is 0 Å². The van der Waals surface area contributed by atoms with Crippen LogP contribution < -0.4 is 14.8 Å². The maximum Gasteiger partial charge on any atom is 0.227 e. The molecule has 0 bridgehead atoms. The normalized spacial score (nSPS) is 10.7. The summed E-state index contributed by atoms with van der Waals surface area (Å²) in [6.07, 6.45) is 0.508. The number of rotatable bonds is 8. The summed E-state index contributed by atoms with van der Waals surface area (Å²) in [4.78, 5) is 21.2. The average molecular weight is 471 g/mol. The number of aromatic nitrogens is 3. The van der Waals surface area contributed by atoms with Gasteiger partial charge in [0, 0.05) is 34.4 Å². The summed E-state index contributed by atoms with van der Waals surface area (Å²) < 4.78 is 15.8. The predicted molar refractivity (Wildman–Crippen MR) is 122 cm³/mol. The topological polar surface area (TPSA) is 99.4 Å². The molecular formula is C22H19ClN4O4S. The number of aryl methyl sites for hydroxylation is 1. The highest BCUT2D eigenvalue weighted by atomic mass is 35.5. The van der Waals surface area contributed by atoms with E-state index < -0.39 is 0 Å². The Labute approximate surface area is 193 Å². The standard InChI is InChI=1S/C22H19ClN4O4S/c1-29-17-8-5-14(11-18(17)30-2)16-12-32-22(24-16)25-19(28)9-10-20-26-21(27-31-20)13-3-6-15(23)7-4-13/h3-8,11-12H,9-10H2,1-2H3,(H,24,25,28). The Kier molecular flexibility index (Phi) is 6.67. The molecule has 0 saturated heterocycles. The molecule has 0 fully saturated rings. The van der Waals surface area contributed by atoms with Crippen molar-refractivity contribution in [3.63, 3.8) is 0 Å². The monoisotopic (exact) mass is 470 g/mol. The molecular weight excluding hydrogens is 452 g/mol. The molecule has 164 valence electrons. The van der Waals surface area contributed by atoms with Crippen molar-refractivity contribution in [2.24, 2.45) is 0 Å². The van der Waals surface area contributed by atoms with Crippen molar-refractivity contribution >= 4 is 34.0 Å². The number of halogens is 1. The number of carbonyl (C=O) groups excluding carboxylic acids is 1. The molecule has 0 saturated carbocycles. The number of ether oxygens (including phenoxy) is 2. The zero-order chi connectivity index (χ0) is 22.5. The number of thiazole rings is 1. The SMILES string of the molecule is COc1ccc(-c2csc(NC(=O)CCc3nc(-c4ccc(Cl)cc4)no3)n2)cc1OC. The first-order chi connectivity index (χ1) is 15.6. The fraction of sp³-hybridized carbons (Fsp3) is 0.182. The van der Waals surface area contributed by atoms with Crippen LogP contribution in [0.2, 0.25) is 5.02 Å². The van der Waals surface area contributed by atoms with Gasteiger partial charge in [-0.25, -0.2) is 4.98 Å². The summed E-state index contributed by atoms with van der Waals surface area (Å²) in [6, 6.07) is 12.7. The minimum Gasteiger partial charge on any atom is -0.493 e. The van der Waals surface area contributed by atoms with E-state index in [4.69, 9.17) is 25.6 Å². The predicted octanol–water partition coefficient (Wildman–Crippen LogP) is 5.10. The number of nitrogens with zero attached hydrogens (tertiary/aromatic N) is 3. The first kappa shape index (κ1) is 21.8. The lowest BCUT2D eigenvalue weighted by Gasteiger charge is -2.08. The molecule has 32 heavy (non-hydrogen) atoms. The van der Waals surface area contributed by atoms with Crippen LogP contribution in [-0.2, 0) is 11.2 Å². The molecule has 0 spiro atoms. The molecule has 0 unspecified atom stereocenters. The second kappa shape index (κ2) is 9.80. The Morgan fingerprint density at radius 1 is 1.06 bits per heavy atom. The van der Waals surface area contributed by atoms with E-state index in [1.807, 2.05) is 35.7 Å². The molecule has 0 aliphatic rings. The minimum atomic E-state index is -0.190. The molecule has 0 aliphatic heterocycles. The van der Waals surface area contributed by atoms with Gasteiger partial charge in [0.2, 0.25) is 17.6 Å². The van der Waals surface area contributed by atoms with Crippen LogP contribution in [0.4, 0.5) is 5.13 Å². The highest BCUT2D eigenvalue weighted by molar-refractivity contribution is 7.14. The zero-order valence-electron chi connectivity index (χ0n) is 17.3. The molecule has 0 atom stereocenters. The van der Waals surface area contributed by atoms with Crippen molar-refractivity contribution < 1.29 is 18.8 Å². The molecule has 0 radical (unpaired) electrons. The Morgan fingerprint density at radius 2 is 1.81 bits per heavy atom. The van der Waals surface area contributed by atoms with Gasteiger partial charge in [-0.2, -0.15) is 4.98 Å². The van der Waals surface area contributed by atoms with Gasteiger partial charge in [-0.1, -0.05) is 16.8 Å². The number of carbonyl (C=O) groups is 1. The van der Waals surface area contributed by atoms with E-state index in [-0.39, 0.29) is 12.3 Å². The number of hydrogen-bond donors (Lipinski definition) is 1. The van der Waals surface area contributed by atoms with Crippen molar-refractivity contribution in [2.75, 3.05) is 19.5 Å². The van der Waals surface area contributed by atoms with Crippen LogP contribution in [0.15, 0.2) is 52.4 Å². The van der Waals surface area contributed by atoms with E-state index in [2.05, 4.69) is 20.4 Å². The van der Waals surface area contributed by atoms with E-state index in [9.17, 15) is 4.79 Å². The third kappa shape index (κ3) is 5.06. The van der Waals surface area contributed by atoms with E-state index >= 15 is 0 Å². The third-order valence-corrected chi connectivity index (χ3v) is 5.58. The quantitative estimate of drug-likeness (QED) is 0.382. The van der Waals surface area contributed by atoms with E-state index in [1.165, 1.54) is 11.3 Å². The summed E-state index contributed by atoms with van der Waals surface area (Å²) in [5, 5.41) is 9.76. The molecule has 2 aromatic heterocycles. The number of methoxy groups -OCH3 is 2. The van der Waals surface area contributed by atoms with Gasteiger partial charge in [0.15, 0.2) is 16.6 Å². The van der Waals surface area contributed by atoms with E-state index in [1.54, 1.807) is 26.4 Å². The highest BCUT2D eigenvalue weighted by Crippen LogP contribution is 2.33. The van der Waals surface area contributed by atoms with E-state index in [0.717, 1.165) is 16.8 Å². The van der Waals surface area contributed by atoms with Crippen molar-refractivity contribution in [1.82, 2.24) is 15.1 Å². The van der Waals surface area contributed by atoms with Crippen LogP contribution in [0.5, 0.6) is 11.5 Å².